The predicted molar refractivity (Wildman–Crippen MR) is 376 cm³/mol. The number of benzene rings is 2. The number of esters is 3. The van der Waals surface area contributed by atoms with Crippen LogP contribution in [0.25, 0.3) is 0 Å². The first-order valence-corrected chi connectivity index (χ1v) is 38.8. The maximum atomic E-state index is 13.5. The van der Waals surface area contributed by atoms with Crippen molar-refractivity contribution in [2.45, 2.75) is 170 Å². The second-order valence-corrected chi connectivity index (χ2v) is 34.5. The molecule has 4 aromatic rings. The Morgan fingerprint density at radius 1 is 0.823 bits per heavy atom. The van der Waals surface area contributed by atoms with Gasteiger partial charge in [-0.15, -0.1) is 22.7 Å². The van der Waals surface area contributed by atoms with Crippen molar-refractivity contribution in [3.8, 4) is 0 Å². The van der Waals surface area contributed by atoms with E-state index in [1.54, 1.807) is 86.6 Å². The Morgan fingerprint density at radius 3 is 2.02 bits per heavy atom. The van der Waals surface area contributed by atoms with Gasteiger partial charge in [0.1, 0.15) is 62.7 Å². The fourth-order valence-electron chi connectivity index (χ4n) is 8.25. The van der Waals surface area contributed by atoms with E-state index in [9.17, 15) is 52.7 Å². The van der Waals surface area contributed by atoms with Crippen LogP contribution in [0.15, 0.2) is 119 Å². The van der Waals surface area contributed by atoms with Crippen LogP contribution < -0.4 is 31.9 Å². The molecule has 0 saturated heterocycles. The highest BCUT2D eigenvalue weighted by Crippen LogP contribution is 2.19. The normalized spacial score (nSPS) is 16.1. The second kappa shape index (κ2) is 41.1. The minimum absolute atomic E-state index is 0.0286. The van der Waals surface area contributed by atoms with E-state index in [-0.39, 0.29) is 77.4 Å². The Hall–Kier alpha value is -8.05. The van der Waals surface area contributed by atoms with E-state index in [4.69, 9.17) is 18.9 Å². The van der Waals surface area contributed by atoms with E-state index >= 15 is 0 Å². The largest absolute Gasteiger partial charge is 0.466 e. The summed E-state index contributed by atoms with van der Waals surface area (Å²) in [6, 6.07) is 17.6. The maximum Gasteiger partial charge on any atom is 0.408 e. The van der Waals surface area contributed by atoms with Crippen molar-refractivity contribution in [2.75, 3.05) is 18.1 Å². The van der Waals surface area contributed by atoms with Gasteiger partial charge in [0.2, 0.25) is 5.91 Å². The van der Waals surface area contributed by atoms with Crippen molar-refractivity contribution in [2.24, 2.45) is 11.8 Å². The van der Waals surface area contributed by atoms with Crippen LogP contribution in [0.3, 0.4) is 0 Å². The Kier molecular flexibility index (Phi) is 34.4. The molecule has 23 nitrogen and oxygen atoms in total. The monoisotopic (exact) mass is 1410 g/mol. The van der Waals surface area contributed by atoms with Gasteiger partial charge in [-0.1, -0.05) is 156 Å². The number of hydrogen-bond acceptors (Lipinski definition) is 21. The van der Waals surface area contributed by atoms with E-state index in [0.29, 0.717) is 47.2 Å². The van der Waals surface area contributed by atoms with Crippen LogP contribution in [0.1, 0.15) is 130 Å². The smallest absolute Gasteiger partial charge is 0.408 e. The molecule has 520 valence electrons. The summed E-state index contributed by atoms with van der Waals surface area (Å²) in [5.74, 6) is -4.76. The van der Waals surface area contributed by atoms with Gasteiger partial charge in [-0.25, -0.2) is 24.4 Å². The molecule has 1 aliphatic rings. The lowest BCUT2D eigenvalue weighted by molar-refractivity contribution is -0.156. The van der Waals surface area contributed by atoms with Gasteiger partial charge in [0, 0.05) is 43.2 Å². The number of carbonyl (C=O) groups is 11. The third-order valence-corrected chi connectivity index (χ3v) is 18.6. The van der Waals surface area contributed by atoms with E-state index in [0.717, 1.165) is 28.5 Å². The summed E-state index contributed by atoms with van der Waals surface area (Å²) < 4.78 is 22.1. The number of nitrogens with zero attached hydrogens (tertiary/aromatic N) is 2. The van der Waals surface area contributed by atoms with Crippen LogP contribution in [0.4, 0.5) is 4.79 Å². The van der Waals surface area contributed by atoms with E-state index in [2.05, 4.69) is 61.5 Å². The van der Waals surface area contributed by atoms with E-state index in [1.807, 2.05) is 60.7 Å². The molecule has 0 unspecified atom stereocenters. The lowest BCUT2D eigenvalue weighted by Gasteiger charge is -2.24. The first kappa shape index (κ1) is 80.4. The summed E-state index contributed by atoms with van der Waals surface area (Å²) in [6.45, 7) is 22.2. The molecule has 6 N–H and O–H groups in total. The van der Waals surface area contributed by atoms with Gasteiger partial charge in [-0.2, -0.15) is 0 Å². The zero-order valence-electron chi connectivity index (χ0n) is 56.5. The number of cyclic esters (lactones) is 1. The van der Waals surface area contributed by atoms with Gasteiger partial charge in [0.05, 0.1) is 32.5 Å². The number of ether oxygens (including phenoxy) is 4. The molecule has 28 heteroatoms. The van der Waals surface area contributed by atoms with E-state index in [1.165, 1.54) is 57.8 Å². The molecule has 5 rings (SSSR count). The van der Waals surface area contributed by atoms with Gasteiger partial charge in [-0.3, -0.25) is 38.4 Å². The first-order valence-electron chi connectivity index (χ1n) is 31.4. The van der Waals surface area contributed by atoms with Gasteiger partial charge in [-0.05, 0) is 88.6 Å². The standard InChI is InChI=1S/C39H56N4O9S2Si.C29H34N4O6S2/c1-10-29(42-36(47)30-25-54-31(41-30)24-40-38(49)52-39(4,5)6)35(46)43-34(26(2)3)37(48)51-28(23-32(44)50-19-21-55(7,8)9)18-14-15-20-53-33(45)22-27-16-12-11-13-17-27;1-4-21-27(36)33-26(18(2)3)29(38)39-20(12-8-9-13-40-25(35)14-19-10-6-5-7-11-19)15-23(34)30-16-24-31-22(17-41-24)28(37)32-21/h10-14,16-18,25-26,28,34H,15,19-24H2,1-9H3,(H,40,49)(H,42,47)(H,43,46);4-8,10-12,17-18,20,26H,9,13-16H2,1-3H3,(H,30,34)(H,32,37)(H,33,36)/b18-14+,29-10-;12-8+,21-4-/t28-,34+;20-,26+/m11/s1. The number of allylic oxidation sites excluding steroid dienone is 4. The van der Waals surface area contributed by atoms with Crippen LogP contribution in [0, 0.1) is 11.8 Å². The number of rotatable bonds is 27. The molecule has 0 spiro atoms. The van der Waals surface area contributed by atoms with Crippen LogP contribution in [0.5, 0.6) is 0 Å². The summed E-state index contributed by atoms with van der Waals surface area (Å²) in [5.41, 5.74) is 1.21. The molecule has 3 heterocycles. The number of hydrogen-bond donors (Lipinski definition) is 6. The molecule has 1 aliphatic heterocycles. The van der Waals surface area contributed by atoms with Gasteiger partial charge in [0.25, 0.3) is 23.6 Å². The minimum Gasteiger partial charge on any atom is -0.466 e. The highest BCUT2D eigenvalue weighted by atomic mass is 32.2. The second-order valence-electron chi connectivity index (χ2n) is 24.7. The molecule has 2 bridgehead atoms. The van der Waals surface area contributed by atoms with Gasteiger partial charge >= 0.3 is 24.0 Å². The Morgan fingerprint density at radius 2 is 1.45 bits per heavy atom. The third kappa shape index (κ3) is 31.7. The number of aromatic nitrogens is 2. The summed E-state index contributed by atoms with van der Waals surface area (Å²) >= 11 is 4.76. The van der Waals surface area contributed by atoms with Crippen molar-refractivity contribution < 1.29 is 71.7 Å². The molecule has 4 atom stereocenters. The molecule has 2 aromatic heterocycles. The number of nitrogens with one attached hydrogen (secondary N) is 6. The molecule has 6 amide bonds. The Balaban J connectivity index is 0.000000425. The SMILES string of the molecule is C/C=C(\NC(=O)c1csc(CNC(=O)OC(C)(C)C)n1)C(=O)N[C@H](C(=O)O[C@H](/C=C/CCSC(=O)Cc1ccccc1)CC(=O)OCC[Si](C)(C)C)C(C)C.C/C=C1\NC(=O)c2csc(n2)CNC(=O)C[C@@H](/C=C/CCSC(=O)Cc2ccccc2)OC(=O)[C@H](C(C)C)NC1=O. The van der Waals surface area contributed by atoms with Gasteiger partial charge < -0.3 is 50.8 Å². The topological polar surface area (TPSA) is 323 Å². The molecule has 0 aliphatic carbocycles. The van der Waals surface area contributed by atoms with Crippen molar-refractivity contribution in [3.63, 3.8) is 0 Å². The molecule has 0 fully saturated rings. The lowest BCUT2D eigenvalue weighted by Crippen LogP contribution is -2.48. The Labute approximate surface area is 579 Å². The molecule has 0 radical (unpaired) electrons. The van der Waals surface area contributed by atoms with Crippen LogP contribution in [-0.4, -0.2) is 130 Å². The number of thiazole rings is 2. The van der Waals surface area contributed by atoms with Gasteiger partial charge in [0.15, 0.2) is 10.2 Å². The number of amides is 6. The molecule has 96 heavy (non-hydrogen) atoms. The summed E-state index contributed by atoms with van der Waals surface area (Å²) in [5, 5.41) is 19.7. The molecular weight excluding hydrogens is 1330 g/mol. The molecule has 0 saturated carbocycles. The number of thioether (sulfide) groups is 2. The van der Waals surface area contributed by atoms with Crippen LogP contribution in [0.2, 0.25) is 25.7 Å². The highest BCUT2D eigenvalue weighted by molar-refractivity contribution is 8.13. The number of carbonyl (C=O) groups excluding carboxylic acids is 11. The zero-order valence-corrected chi connectivity index (χ0v) is 60.8. The lowest BCUT2D eigenvalue weighted by atomic mass is 10.0. The van der Waals surface area contributed by atoms with Crippen molar-refractivity contribution in [1.29, 1.82) is 0 Å². The van der Waals surface area contributed by atoms with Crippen LogP contribution in [-0.2, 0) is 83.2 Å². The van der Waals surface area contributed by atoms with Crippen molar-refractivity contribution in [3.05, 3.63) is 152 Å². The Bertz CT molecular complexity index is 3410. The van der Waals surface area contributed by atoms with Crippen molar-refractivity contribution >= 4 is 118 Å². The third-order valence-electron chi connectivity index (χ3n) is 13.3. The molecular formula is C68H90N8O15S4Si. The zero-order chi connectivity index (χ0) is 71.0. The van der Waals surface area contributed by atoms with E-state index < -0.39 is 91.5 Å². The summed E-state index contributed by atoms with van der Waals surface area (Å²) in [7, 11) is -1.45. The summed E-state index contributed by atoms with van der Waals surface area (Å²) in [6.07, 6.45) is 8.36. The molecule has 2 aromatic carbocycles. The fraction of sp³-hybridized carbons (Fsp3) is 0.456. The summed E-state index contributed by atoms with van der Waals surface area (Å²) in [4.78, 5) is 149. The minimum atomic E-state index is -1.45. The quantitative estimate of drug-likeness (QED) is 0.00807. The predicted octanol–water partition coefficient (Wildman–Crippen LogP) is 9.87. The van der Waals surface area contributed by atoms with Crippen molar-refractivity contribution in [1.82, 2.24) is 41.9 Å². The average Bonchev–Trinajstić information content (AvgIpc) is 1.66. The maximum absolute atomic E-state index is 13.5. The van der Waals surface area contributed by atoms with Crippen LogP contribution >= 0.6 is 46.2 Å². The highest BCUT2D eigenvalue weighted by Gasteiger charge is 2.32. The fourth-order valence-corrected chi connectivity index (χ4v) is 11.9. The number of fused-ring (bicyclic) bond motifs is 2. The first-order chi connectivity index (χ1) is 45.4. The average molecular weight is 1420 g/mol. The number of alkyl carbamates (subject to hydrolysis) is 1.